The van der Waals surface area contributed by atoms with Crippen molar-refractivity contribution in [3.63, 3.8) is 0 Å². The smallest absolute Gasteiger partial charge is 0.433 e. The van der Waals surface area contributed by atoms with Crippen LogP contribution < -0.4 is 21.3 Å². The highest BCUT2D eigenvalue weighted by molar-refractivity contribution is 6.36. The molecule has 3 aromatic heterocycles. The van der Waals surface area contributed by atoms with E-state index in [-0.39, 0.29) is 33.3 Å². The molecule has 5 aromatic rings. The summed E-state index contributed by atoms with van der Waals surface area (Å²) in [4.78, 5) is 36.5. The Morgan fingerprint density at radius 1 is 1.05 bits per heavy atom. The monoisotopic (exact) mass is 771 g/mol. The van der Waals surface area contributed by atoms with Crippen molar-refractivity contribution in [1.29, 1.82) is 0 Å². The molecule has 3 N–H and O–H groups in total. The summed E-state index contributed by atoms with van der Waals surface area (Å²) in [6, 6.07) is 14.0. The number of benzene rings is 2. The first-order valence-corrected chi connectivity index (χ1v) is 18.8. The van der Waals surface area contributed by atoms with Gasteiger partial charge in [-0.25, -0.2) is 14.6 Å². The fourth-order valence-corrected chi connectivity index (χ4v) is 9.44. The van der Waals surface area contributed by atoms with Gasteiger partial charge < -0.3 is 15.8 Å². The number of hydrogen-bond acceptors (Lipinski definition) is 8. The average Bonchev–Trinajstić information content (AvgIpc) is 3.74. The third kappa shape index (κ3) is 6.50. The molecule has 2 saturated carbocycles. The van der Waals surface area contributed by atoms with Crippen LogP contribution in [0.15, 0.2) is 59.5 Å². The van der Waals surface area contributed by atoms with Gasteiger partial charge >= 0.3 is 6.18 Å². The summed E-state index contributed by atoms with van der Waals surface area (Å²) in [6.45, 7) is 4.39. The van der Waals surface area contributed by atoms with Crippen LogP contribution in [0.25, 0.3) is 33.2 Å². The topological polar surface area (TPSA) is 128 Å². The number of anilines is 2. The van der Waals surface area contributed by atoms with Gasteiger partial charge in [-0.05, 0) is 98.7 Å². The van der Waals surface area contributed by atoms with E-state index in [4.69, 9.17) is 27.1 Å². The third-order valence-corrected chi connectivity index (χ3v) is 12.7. The summed E-state index contributed by atoms with van der Waals surface area (Å²) >= 11 is 7.22. The van der Waals surface area contributed by atoms with E-state index in [0.717, 1.165) is 92.0 Å². The van der Waals surface area contributed by atoms with Crippen LogP contribution in [0.1, 0.15) is 60.9 Å². The van der Waals surface area contributed by atoms with Gasteiger partial charge in [-0.1, -0.05) is 41.9 Å². The summed E-state index contributed by atoms with van der Waals surface area (Å²) in [7, 11) is 3.05. The molecule has 0 radical (unpaired) electrons. The first kappa shape index (κ1) is 36.9. The number of nitrogens with zero attached hydrogens (tertiary/aromatic N) is 5. The molecule has 1 aliphatic heterocycles. The first-order chi connectivity index (χ1) is 26.2. The SMILES string of the molecule is COc1nc(-c2cccc(-c3cccc(Nc4nc(C(F)(F)F)cc5cnn(C)c(=O)c45)c3C)c2Cl)cc2c1CCN(CCC13CCC(C(N)=O)(CC1)C3)C2. The molecule has 0 atom stereocenters. The largest absolute Gasteiger partial charge is 0.481 e. The minimum atomic E-state index is -4.74. The molecular formula is C41H41ClF3N7O3. The van der Waals surface area contributed by atoms with Gasteiger partial charge in [-0.2, -0.15) is 18.3 Å². The summed E-state index contributed by atoms with van der Waals surface area (Å²) < 4.78 is 48.5. The summed E-state index contributed by atoms with van der Waals surface area (Å²) in [5.74, 6) is 0.201. The molecule has 2 aliphatic carbocycles. The van der Waals surface area contributed by atoms with Crippen LogP contribution in [-0.4, -0.2) is 50.8 Å². The minimum Gasteiger partial charge on any atom is -0.481 e. The Bertz CT molecular complexity index is 2420. The summed E-state index contributed by atoms with van der Waals surface area (Å²) in [5.41, 5.74) is 10.1. The van der Waals surface area contributed by atoms with E-state index in [9.17, 15) is 22.8 Å². The molecule has 0 saturated heterocycles. The molecule has 2 bridgehead atoms. The van der Waals surface area contributed by atoms with Crippen LogP contribution in [-0.2, 0) is 31.0 Å². The van der Waals surface area contributed by atoms with Gasteiger partial charge in [0.15, 0.2) is 0 Å². The second-order valence-electron chi connectivity index (χ2n) is 15.4. The number of hydrogen-bond donors (Lipinski definition) is 2. The Kier molecular flexibility index (Phi) is 9.15. The number of amides is 1. The molecule has 10 nitrogen and oxygen atoms in total. The predicted octanol–water partition coefficient (Wildman–Crippen LogP) is 7.97. The number of alkyl halides is 3. The van der Waals surface area contributed by atoms with Crippen molar-refractivity contribution in [2.45, 2.75) is 64.6 Å². The summed E-state index contributed by atoms with van der Waals surface area (Å²) in [6.07, 6.45) is 3.16. The number of pyridine rings is 2. The Morgan fingerprint density at radius 2 is 1.78 bits per heavy atom. The van der Waals surface area contributed by atoms with Crippen LogP contribution in [0.5, 0.6) is 5.88 Å². The second-order valence-corrected chi connectivity index (χ2v) is 15.8. The lowest BCUT2D eigenvalue weighted by atomic mass is 9.80. The molecule has 0 unspecified atom stereocenters. The molecule has 1 amide bonds. The van der Waals surface area contributed by atoms with Gasteiger partial charge in [0.1, 0.15) is 11.5 Å². The number of methoxy groups -OCH3 is 1. The fraction of sp³-hybridized carbons (Fsp3) is 0.390. The van der Waals surface area contributed by atoms with Crippen molar-refractivity contribution >= 4 is 39.8 Å². The first-order valence-electron chi connectivity index (χ1n) is 18.4. The Labute approximate surface area is 320 Å². The van der Waals surface area contributed by atoms with Gasteiger partial charge in [0, 0.05) is 53.3 Å². The van der Waals surface area contributed by atoms with Crippen LogP contribution in [0.4, 0.5) is 24.7 Å². The zero-order chi connectivity index (χ0) is 38.9. The predicted molar refractivity (Wildman–Crippen MR) is 205 cm³/mol. The van der Waals surface area contributed by atoms with E-state index in [1.54, 1.807) is 19.2 Å². The van der Waals surface area contributed by atoms with Crippen molar-refractivity contribution in [1.82, 2.24) is 24.6 Å². The maximum atomic E-state index is 13.9. The van der Waals surface area contributed by atoms with Gasteiger partial charge in [0.05, 0.1) is 29.4 Å². The lowest BCUT2D eigenvalue weighted by molar-refractivity contribution is -0.141. The Balaban J connectivity index is 1.09. The maximum Gasteiger partial charge on any atom is 0.433 e. The number of ether oxygens (including phenoxy) is 1. The van der Waals surface area contributed by atoms with E-state index >= 15 is 0 Å². The molecule has 8 rings (SSSR count). The number of aryl methyl sites for hydroxylation is 1. The molecular weight excluding hydrogens is 731 g/mol. The number of aromatic nitrogens is 4. The van der Waals surface area contributed by atoms with Crippen molar-refractivity contribution in [3.05, 3.63) is 92.5 Å². The normalized spacial score (nSPS) is 20.9. The van der Waals surface area contributed by atoms with E-state index in [1.807, 2.05) is 31.2 Å². The van der Waals surface area contributed by atoms with Gasteiger partial charge in [-0.3, -0.25) is 14.5 Å². The van der Waals surface area contributed by atoms with E-state index in [0.29, 0.717) is 39.0 Å². The van der Waals surface area contributed by atoms with Gasteiger partial charge in [0.25, 0.3) is 5.56 Å². The lowest BCUT2D eigenvalue weighted by Crippen LogP contribution is -2.34. The van der Waals surface area contributed by atoms with Crippen LogP contribution in [0.2, 0.25) is 5.02 Å². The Morgan fingerprint density at radius 3 is 2.49 bits per heavy atom. The Hall–Kier alpha value is -5.01. The van der Waals surface area contributed by atoms with Crippen molar-refractivity contribution in [3.8, 4) is 28.3 Å². The number of carbonyl (C=O) groups excluding carboxylic acids is 1. The van der Waals surface area contributed by atoms with Gasteiger partial charge in [0.2, 0.25) is 11.8 Å². The molecule has 2 fully saturated rings. The fourth-order valence-electron chi connectivity index (χ4n) is 9.11. The lowest BCUT2D eigenvalue weighted by Gasteiger charge is -2.33. The highest BCUT2D eigenvalue weighted by Gasteiger charge is 2.56. The molecule has 3 aliphatic rings. The number of carbonyl (C=O) groups is 1. The van der Waals surface area contributed by atoms with E-state index in [2.05, 4.69) is 26.4 Å². The number of halogens is 4. The number of nitrogens with one attached hydrogen (secondary N) is 1. The molecule has 0 spiro atoms. The van der Waals surface area contributed by atoms with Crippen molar-refractivity contribution in [2.75, 3.05) is 25.5 Å². The third-order valence-electron chi connectivity index (χ3n) is 12.3. The maximum absolute atomic E-state index is 13.9. The van der Waals surface area contributed by atoms with Crippen molar-refractivity contribution < 1.29 is 22.7 Å². The second kappa shape index (κ2) is 13.6. The molecule has 286 valence electrons. The van der Waals surface area contributed by atoms with Gasteiger partial charge in [-0.15, -0.1) is 0 Å². The molecule has 2 aromatic carbocycles. The van der Waals surface area contributed by atoms with Crippen LogP contribution in [0, 0.1) is 17.8 Å². The number of primary amides is 1. The minimum absolute atomic E-state index is 0.0109. The number of fused-ring (bicyclic) bond motifs is 4. The standard InChI is InChI=1S/C41H41ClF3N7O3/c1-23-26(6-5-9-30(23)48-35-33-24(20-47-51(2)37(33)53)19-32(50-35)41(43,44)45)28-7-4-8-29(34(28)42)31-18-25-21-52(16-10-27(25)36(49-31)55-3)17-15-39-11-13-40(22-39,14-12-39)38(46)54/h4-9,18-20H,10-17,21-22H2,1-3H3,(H2,46,54)(H,48,50). The number of rotatable bonds is 9. The quantitative estimate of drug-likeness (QED) is 0.155. The molecule has 4 heterocycles. The molecule has 55 heavy (non-hydrogen) atoms. The highest BCUT2D eigenvalue weighted by Crippen LogP contribution is 2.63. The van der Waals surface area contributed by atoms with Crippen LogP contribution >= 0.6 is 11.6 Å². The van der Waals surface area contributed by atoms with Crippen molar-refractivity contribution in [2.24, 2.45) is 23.6 Å². The zero-order valence-electron chi connectivity index (χ0n) is 30.8. The summed E-state index contributed by atoms with van der Waals surface area (Å²) in [5, 5.41) is 7.39. The zero-order valence-corrected chi connectivity index (χ0v) is 31.6. The van der Waals surface area contributed by atoms with E-state index in [1.165, 1.54) is 13.2 Å². The average molecular weight is 772 g/mol. The molecule has 14 heteroatoms. The van der Waals surface area contributed by atoms with E-state index < -0.39 is 17.4 Å². The number of nitrogens with two attached hydrogens (primary N) is 1. The highest BCUT2D eigenvalue weighted by atomic mass is 35.5. The van der Waals surface area contributed by atoms with Crippen LogP contribution in [0.3, 0.4) is 0 Å².